The molecule has 0 spiro atoms. The van der Waals surface area contributed by atoms with E-state index in [9.17, 15) is 0 Å². The highest BCUT2D eigenvalue weighted by Crippen LogP contribution is 2.37. The van der Waals surface area contributed by atoms with Gasteiger partial charge < -0.3 is 20.4 Å². The molecule has 6 aromatic rings. The van der Waals surface area contributed by atoms with Crippen molar-refractivity contribution in [2.24, 2.45) is 5.92 Å². The summed E-state index contributed by atoms with van der Waals surface area (Å²) in [5.41, 5.74) is 10.9. The first-order valence-corrected chi connectivity index (χ1v) is 18.7. The van der Waals surface area contributed by atoms with Gasteiger partial charge in [-0.05, 0) is 142 Å². The summed E-state index contributed by atoms with van der Waals surface area (Å²) in [6.07, 6.45) is 7.94. The smallest absolute Gasteiger partial charge is 0.0569 e. The van der Waals surface area contributed by atoms with Crippen LogP contribution in [-0.4, -0.2) is 0 Å². The highest BCUT2D eigenvalue weighted by atomic mass is 15.2. The van der Waals surface area contributed by atoms with E-state index in [4.69, 9.17) is 0 Å². The monoisotopic (exact) mass is 694 g/mol. The third-order valence-electron chi connectivity index (χ3n) is 10.1. The number of allylic oxidation sites excluding steroid dienone is 3. The molecule has 0 radical (unpaired) electrons. The maximum absolute atomic E-state index is 3.79. The topological polar surface area (TPSA) is 30.5 Å². The van der Waals surface area contributed by atoms with Crippen molar-refractivity contribution in [3.05, 3.63) is 199 Å². The third-order valence-corrected chi connectivity index (χ3v) is 10.1. The average Bonchev–Trinajstić information content (AvgIpc) is 3.18. The fourth-order valence-electron chi connectivity index (χ4n) is 7.06. The van der Waals surface area contributed by atoms with Crippen LogP contribution in [0.15, 0.2) is 188 Å². The summed E-state index contributed by atoms with van der Waals surface area (Å²) < 4.78 is 0. The number of hydrogen-bond acceptors (Lipinski definition) is 4. The van der Waals surface area contributed by atoms with E-state index < -0.39 is 0 Å². The van der Waals surface area contributed by atoms with E-state index in [2.05, 4.69) is 237 Å². The molecule has 53 heavy (non-hydrogen) atoms. The molecule has 4 heteroatoms. The van der Waals surface area contributed by atoms with Gasteiger partial charge in [-0.3, -0.25) is 0 Å². The van der Waals surface area contributed by atoms with Crippen LogP contribution < -0.4 is 20.4 Å². The normalized spacial score (nSPS) is 14.3. The van der Waals surface area contributed by atoms with Crippen LogP contribution in [0, 0.1) is 5.92 Å². The summed E-state index contributed by atoms with van der Waals surface area (Å²) in [6, 6.07) is 58.2. The molecule has 0 aromatic heterocycles. The van der Waals surface area contributed by atoms with E-state index in [1.54, 1.807) is 0 Å². The lowest BCUT2D eigenvalue weighted by atomic mass is 9.92. The van der Waals surface area contributed by atoms with Crippen LogP contribution >= 0.6 is 0 Å². The van der Waals surface area contributed by atoms with Crippen LogP contribution in [0.4, 0.5) is 39.8 Å². The Kier molecular flexibility index (Phi) is 10.2. The largest absolute Gasteiger partial charge is 0.376 e. The van der Waals surface area contributed by atoms with E-state index in [0.717, 1.165) is 46.2 Å². The number of rotatable bonds is 12. The number of nitrogens with one attached hydrogen (secondary N) is 2. The minimum Gasteiger partial charge on any atom is -0.376 e. The summed E-state index contributed by atoms with van der Waals surface area (Å²) in [6.45, 7) is 11.2. The first kappa shape index (κ1) is 35.4. The van der Waals surface area contributed by atoms with E-state index in [-0.39, 0.29) is 11.1 Å². The van der Waals surface area contributed by atoms with E-state index in [1.807, 2.05) is 0 Å². The molecule has 7 rings (SSSR count). The van der Waals surface area contributed by atoms with Gasteiger partial charge in [-0.2, -0.15) is 0 Å². The van der Waals surface area contributed by atoms with Gasteiger partial charge in [0.2, 0.25) is 0 Å². The Hall–Kier alpha value is -6.00. The SMILES string of the molecule is CC1C=CC(N(c2ccccc2)c2ccc(NC(C)(C)c3ccc(NC(C)(C)c4ccc(N(c5ccccc5)c5ccccc5)cc4)cc3)cc2)=CC1. The van der Waals surface area contributed by atoms with Gasteiger partial charge >= 0.3 is 0 Å². The number of para-hydroxylation sites is 3. The third kappa shape index (κ3) is 8.23. The predicted octanol–water partition coefficient (Wildman–Crippen LogP) is 13.5. The second-order valence-electron chi connectivity index (χ2n) is 15.0. The molecule has 0 heterocycles. The lowest BCUT2D eigenvalue weighted by molar-refractivity contribution is 0.604. The minimum absolute atomic E-state index is 0.279. The molecule has 1 unspecified atom stereocenters. The van der Waals surface area contributed by atoms with E-state index in [0.29, 0.717) is 5.92 Å². The van der Waals surface area contributed by atoms with Crippen molar-refractivity contribution in [2.75, 3.05) is 20.4 Å². The fourth-order valence-corrected chi connectivity index (χ4v) is 7.06. The molecule has 1 aliphatic carbocycles. The Morgan fingerprint density at radius 1 is 0.453 bits per heavy atom. The second kappa shape index (κ2) is 15.3. The Bertz CT molecular complexity index is 2090. The zero-order valence-electron chi connectivity index (χ0n) is 31.5. The maximum Gasteiger partial charge on any atom is 0.0569 e. The molecule has 0 fully saturated rings. The van der Waals surface area contributed by atoms with Crippen LogP contribution in [0.5, 0.6) is 0 Å². The molecular formula is C49H50N4. The Balaban J connectivity index is 1.03. The molecule has 266 valence electrons. The molecular weight excluding hydrogens is 645 g/mol. The maximum atomic E-state index is 3.79. The predicted molar refractivity (Wildman–Crippen MR) is 227 cm³/mol. The van der Waals surface area contributed by atoms with Gasteiger partial charge in [0, 0.05) is 45.5 Å². The number of nitrogens with zero attached hydrogens (tertiary/aromatic N) is 2. The molecule has 0 saturated carbocycles. The molecule has 6 aromatic carbocycles. The van der Waals surface area contributed by atoms with Gasteiger partial charge in [-0.25, -0.2) is 0 Å². The van der Waals surface area contributed by atoms with Crippen molar-refractivity contribution in [3.63, 3.8) is 0 Å². The van der Waals surface area contributed by atoms with Gasteiger partial charge in [-0.1, -0.05) is 97.9 Å². The van der Waals surface area contributed by atoms with Crippen LogP contribution in [0.25, 0.3) is 0 Å². The van der Waals surface area contributed by atoms with Crippen molar-refractivity contribution >= 4 is 39.8 Å². The molecule has 4 nitrogen and oxygen atoms in total. The van der Waals surface area contributed by atoms with Gasteiger partial charge in [0.05, 0.1) is 11.1 Å². The molecule has 0 bridgehead atoms. The highest BCUT2D eigenvalue weighted by Gasteiger charge is 2.24. The Labute approximate surface area is 316 Å². The summed E-state index contributed by atoms with van der Waals surface area (Å²) in [5.74, 6) is 0.566. The van der Waals surface area contributed by atoms with Gasteiger partial charge in [-0.15, -0.1) is 0 Å². The highest BCUT2D eigenvalue weighted by molar-refractivity contribution is 5.76. The summed E-state index contributed by atoms with van der Waals surface area (Å²) in [4.78, 5) is 4.63. The van der Waals surface area contributed by atoms with Gasteiger partial charge in [0.1, 0.15) is 0 Å². The van der Waals surface area contributed by atoms with Crippen molar-refractivity contribution in [3.8, 4) is 0 Å². The zero-order valence-corrected chi connectivity index (χ0v) is 31.5. The lowest BCUT2D eigenvalue weighted by Gasteiger charge is -2.31. The number of benzene rings is 6. The zero-order chi connectivity index (χ0) is 36.8. The Morgan fingerprint density at radius 2 is 0.811 bits per heavy atom. The van der Waals surface area contributed by atoms with Crippen LogP contribution in [0.1, 0.15) is 52.2 Å². The molecule has 2 N–H and O–H groups in total. The summed E-state index contributed by atoms with van der Waals surface area (Å²) in [7, 11) is 0. The van der Waals surface area contributed by atoms with Gasteiger partial charge in [0.15, 0.2) is 0 Å². The quantitative estimate of drug-likeness (QED) is 0.133. The standard InChI is InChI=1S/C49H50N4/c1-37-21-31-45(32-22-37)53(44-19-13-8-14-20-44)47-35-29-41(30-36-47)51-48(2,3)38-23-27-40(28-24-38)50-49(4,5)39-25-33-46(34-26-39)52(42-15-9-6-10-16-42)43-17-11-7-12-18-43/h6-21,23-37,50-51H,22H2,1-5H3. The molecule has 1 aliphatic rings. The second-order valence-corrected chi connectivity index (χ2v) is 15.0. The number of anilines is 7. The van der Waals surface area contributed by atoms with Gasteiger partial charge in [0.25, 0.3) is 0 Å². The average molecular weight is 695 g/mol. The first-order valence-electron chi connectivity index (χ1n) is 18.7. The lowest BCUT2D eigenvalue weighted by Crippen LogP contribution is -2.29. The van der Waals surface area contributed by atoms with Crippen molar-refractivity contribution in [1.29, 1.82) is 0 Å². The minimum atomic E-state index is -0.283. The molecule has 0 saturated heterocycles. The fraction of sp³-hybridized carbons (Fsp3) is 0.184. The summed E-state index contributed by atoms with van der Waals surface area (Å²) >= 11 is 0. The van der Waals surface area contributed by atoms with Crippen molar-refractivity contribution < 1.29 is 0 Å². The van der Waals surface area contributed by atoms with Crippen molar-refractivity contribution in [1.82, 2.24) is 0 Å². The van der Waals surface area contributed by atoms with E-state index in [1.165, 1.54) is 16.8 Å². The van der Waals surface area contributed by atoms with Crippen LogP contribution in [0.3, 0.4) is 0 Å². The molecule has 1 atom stereocenters. The van der Waals surface area contributed by atoms with Crippen LogP contribution in [0.2, 0.25) is 0 Å². The van der Waals surface area contributed by atoms with Crippen LogP contribution in [-0.2, 0) is 11.1 Å². The Morgan fingerprint density at radius 3 is 1.25 bits per heavy atom. The van der Waals surface area contributed by atoms with Crippen molar-refractivity contribution in [2.45, 2.75) is 52.1 Å². The van der Waals surface area contributed by atoms with E-state index >= 15 is 0 Å². The number of hydrogen-bond donors (Lipinski definition) is 2. The summed E-state index contributed by atoms with van der Waals surface area (Å²) in [5, 5.41) is 7.57. The molecule has 0 amide bonds. The molecule has 0 aliphatic heterocycles. The first-order chi connectivity index (χ1) is 25.7.